The summed E-state index contributed by atoms with van der Waals surface area (Å²) in [6, 6.07) is 0. The summed E-state index contributed by atoms with van der Waals surface area (Å²) in [5.41, 5.74) is 0.0833. The highest BCUT2D eigenvalue weighted by Crippen LogP contribution is 2.52. The number of rotatable bonds is 22. The molecule has 0 aliphatic carbocycles. The van der Waals surface area contributed by atoms with Crippen molar-refractivity contribution in [3.63, 3.8) is 0 Å². The van der Waals surface area contributed by atoms with Gasteiger partial charge in [-0.2, -0.15) is 4.89 Å². The average Bonchev–Trinajstić information content (AvgIpc) is 2.88. The first-order valence-electron chi connectivity index (χ1n) is 15.4. The molecule has 0 fully saturated rings. The van der Waals surface area contributed by atoms with Crippen LogP contribution in [0.4, 0.5) is 0 Å². The fourth-order valence-corrected chi connectivity index (χ4v) is 6.45. The van der Waals surface area contributed by atoms with E-state index in [0.717, 1.165) is 32.1 Å². The SMILES string of the molecule is C=CC(CC(C)(C)C(C)(C)CC=CCC(C)(C)C(CC)(CC)COC(=O)COOOP(O)O)C(C)(C)C(CC)CC. The van der Waals surface area contributed by atoms with Crippen LogP contribution in [0.25, 0.3) is 0 Å². The Morgan fingerprint density at radius 3 is 1.80 bits per heavy atom. The van der Waals surface area contributed by atoms with Crippen LogP contribution in [-0.4, -0.2) is 29.0 Å². The number of allylic oxidation sites excluding steroid dienone is 3. The van der Waals surface area contributed by atoms with Crippen LogP contribution in [0.3, 0.4) is 0 Å². The van der Waals surface area contributed by atoms with Crippen LogP contribution in [-0.2, 0) is 24.1 Å². The van der Waals surface area contributed by atoms with Crippen molar-refractivity contribution < 1.29 is 33.9 Å². The molecule has 0 aliphatic rings. The van der Waals surface area contributed by atoms with Crippen LogP contribution in [0, 0.1) is 38.9 Å². The highest BCUT2D eigenvalue weighted by molar-refractivity contribution is 7.39. The molecule has 0 saturated carbocycles. The zero-order valence-corrected chi connectivity index (χ0v) is 29.2. The molecule has 242 valence electrons. The van der Waals surface area contributed by atoms with E-state index in [1.165, 1.54) is 12.8 Å². The van der Waals surface area contributed by atoms with Gasteiger partial charge in [0.15, 0.2) is 6.61 Å². The number of carbonyl (C=O) groups excluding carboxylic acids is 1. The molecular formula is C33H63O7P. The predicted molar refractivity (Wildman–Crippen MR) is 169 cm³/mol. The monoisotopic (exact) mass is 602 g/mol. The molecule has 0 aromatic carbocycles. The molecule has 0 aromatic rings. The highest BCUT2D eigenvalue weighted by atomic mass is 31.2. The predicted octanol–water partition coefficient (Wildman–Crippen LogP) is 9.50. The molecule has 0 amide bonds. The molecule has 41 heavy (non-hydrogen) atoms. The Morgan fingerprint density at radius 1 is 0.854 bits per heavy atom. The van der Waals surface area contributed by atoms with E-state index < -0.39 is 21.2 Å². The molecule has 0 radical (unpaired) electrons. The van der Waals surface area contributed by atoms with E-state index in [0.29, 0.717) is 11.8 Å². The zero-order chi connectivity index (χ0) is 32.1. The van der Waals surface area contributed by atoms with Gasteiger partial charge in [-0.3, -0.25) is 0 Å². The van der Waals surface area contributed by atoms with Gasteiger partial charge in [0.25, 0.3) is 0 Å². The first kappa shape index (κ1) is 40.2. The molecule has 0 saturated heterocycles. The first-order chi connectivity index (χ1) is 18.8. The van der Waals surface area contributed by atoms with Gasteiger partial charge >= 0.3 is 14.6 Å². The normalized spacial score (nSPS) is 14.7. The van der Waals surface area contributed by atoms with Gasteiger partial charge in [-0.25, -0.2) is 4.79 Å². The Labute approximate surface area is 253 Å². The molecule has 7 nitrogen and oxygen atoms in total. The maximum absolute atomic E-state index is 12.2. The Bertz CT molecular complexity index is 793. The van der Waals surface area contributed by atoms with Crippen molar-refractivity contribution in [2.45, 2.75) is 128 Å². The third kappa shape index (κ3) is 11.7. The van der Waals surface area contributed by atoms with Gasteiger partial charge in [-0.05, 0) is 65.6 Å². The molecule has 1 unspecified atom stereocenters. The van der Waals surface area contributed by atoms with Crippen LogP contribution in [0.2, 0.25) is 0 Å². The van der Waals surface area contributed by atoms with Crippen LogP contribution in [0.5, 0.6) is 0 Å². The van der Waals surface area contributed by atoms with Gasteiger partial charge in [0.05, 0.1) is 6.61 Å². The largest absolute Gasteiger partial charge is 0.463 e. The molecule has 0 heterocycles. The van der Waals surface area contributed by atoms with Crippen molar-refractivity contribution in [2.24, 2.45) is 38.9 Å². The van der Waals surface area contributed by atoms with Crippen molar-refractivity contribution in [3.05, 3.63) is 24.8 Å². The van der Waals surface area contributed by atoms with Gasteiger partial charge in [-0.1, -0.05) is 119 Å². The summed E-state index contributed by atoms with van der Waals surface area (Å²) in [7, 11) is -2.72. The standard InChI is InChI=1S/C33H63O7P/c1-14-26(15-2)32(12,13)27(16-3)23-31(10,11)29(6,7)21-19-20-22-30(8,9)33(17-4,18-5)25-37-28(34)24-38-39-40-41(35)36/h16,19-20,26-27,35-36H,3,14-15,17-18,21-25H2,1-2,4-13H3. The number of carbonyl (C=O) groups is 1. The third-order valence-corrected chi connectivity index (χ3v) is 11.1. The van der Waals surface area contributed by atoms with Gasteiger partial charge < -0.3 is 14.5 Å². The van der Waals surface area contributed by atoms with E-state index in [9.17, 15) is 4.79 Å². The minimum atomic E-state index is -2.72. The van der Waals surface area contributed by atoms with E-state index in [2.05, 4.69) is 122 Å². The minimum absolute atomic E-state index is 0.0973. The maximum Gasteiger partial charge on any atom is 0.360 e. The fraction of sp³-hybridized carbons (Fsp3) is 0.848. The van der Waals surface area contributed by atoms with Gasteiger partial charge in [0, 0.05) is 5.41 Å². The summed E-state index contributed by atoms with van der Waals surface area (Å²) in [6.07, 6.45) is 13.9. The summed E-state index contributed by atoms with van der Waals surface area (Å²) in [4.78, 5) is 33.9. The molecule has 0 rings (SSSR count). The van der Waals surface area contributed by atoms with Crippen LogP contribution >= 0.6 is 8.60 Å². The van der Waals surface area contributed by atoms with Crippen LogP contribution in [0.15, 0.2) is 24.8 Å². The second-order valence-corrected chi connectivity index (χ2v) is 14.9. The maximum atomic E-state index is 12.2. The molecule has 2 N–H and O–H groups in total. The van der Waals surface area contributed by atoms with E-state index in [-0.39, 0.29) is 33.7 Å². The van der Waals surface area contributed by atoms with Crippen molar-refractivity contribution in [3.8, 4) is 0 Å². The lowest BCUT2D eigenvalue weighted by atomic mass is 9.57. The Hall–Kier alpha value is -0.820. The minimum Gasteiger partial charge on any atom is -0.463 e. The number of hydrogen-bond donors (Lipinski definition) is 2. The van der Waals surface area contributed by atoms with Crippen molar-refractivity contribution in [2.75, 3.05) is 13.2 Å². The Kier molecular flexibility index (Phi) is 17.1. The molecule has 8 heteroatoms. The fourth-order valence-electron chi connectivity index (χ4n) is 6.36. The summed E-state index contributed by atoms with van der Waals surface area (Å²) >= 11 is 0. The quantitative estimate of drug-likeness (QED) is 0.0318. The Morgan fingerprint density at radius 2 is 1.37 bits per heavy atom. The lowest BCUT2D eigenvalue weighted by Gasteiger charge is -2.48. The summed E-state index contributed by atoms with van der Waals surface area (Å²) in [5.74, 6) is 0.522. The van der Waals surface area contributed by atoms with Gasteiger partial charge in [0.1, 0.15) is 0 Å². The number of esters is 1. The smallest absolute Gasteiger partial charge is 0.360 e. The molecule has 0 aromatic heterocycles. The Balaban J connectivity index is 5.38. The number of hydrogen-bond acceptors (Lipinski definition) is 7. The third-order valence-electron chi connectivity index (χ3n) is 10.9. The van der Waals surface area contributed by atoms with E-state index in [4.69, 9.17) is 14.5 Å². The summed E-state index contributed by atoms with van der Waals surface area (Å²) in [6.45, 7) is 31.8. The lowest BCUT2D eigenvalue weighted by Crippen LogP contribution is -2.41. The molecule has 1 atom stereocenters. The van der Waals surface area contributed by atoms with E-state index in [1.807, 2.05) is 0 Å². The van der Waals surface area contributed by atoms with Gasteiger partial charge in [0.2, 0.25) is 0 Å². The lowest BCUT2D eigenvalue weighted by molar-refractivity contribution is -0.465. The summed E-state index contributed by atoms with van der Waals surface area (Å²) in [5, 5.41) is 4.11. The van der Waals surface area contributed by atoms with Gasteiger partial charge in [-0.15, -0.1) is 11.3 Å². The van der Waals surface area contributed by atoms with E-state index >= 15 is 0 Å². The number of ether oxygens (including phenoxy) is 1. The second kappa shape index (κ2) is 17.5. The van der Waals surface area contributed by atoms with Crippen LogP contribution in [0.1, 0.15) is 128 Å². The van der Waals surface area contributed by atoms with Crippen molar-refractivity contribution >= 4 is 14.6 Å². The zero-order valence-electron chi connectivity index (χ0n) is 28.3. The average molecular weight is 603 g/mol. The second-order valence-electron chi connectivity index (χ2n) is 14.2. The molecule has 0 spiro atoms. The molecular weight excluding hydrogens is 539 g/mol. The topological polar surface area (TPSA) is 94.5 Å². The van der Waals surface area contributed by atoms with Crippen LogP contribution < -0.4 is 0 Å². The molecule has 0 bridgehead atoms. The van der Waals surface area contributed by atoms with E-state index in [1.54, 1.807) is 0 Å². The summed E-state index contributed by atoms with van der Waals surface area (Å²) < 4.78 is 9.57. The van der Waals surface area contributed by atoms with Crippen molar-refractivity contribution in [1.82, 2.24) is 0 Å². The van der Waals surface area contributed by atoms with Crippen molar-refractivity contribution in [1.29, 1.82) is 0 Å². The highest BCUT2D eigenvalue weighted by Gasteiger charge is 2.44. The molecule has 0 aliphatic heterocycles. The first-order valence-corrected chi connectivity index (χ1v) is 16.6.